The van der Waals surface area contributed by atoms with Crippen LogP contribution in [0, 0.1) is 0 Å². The Kier molecular flexibility index (Phi) is 11.4. The number of Topliss-reactive ketones (excluding diaryl/α,β-unsaturated/α-hetero) is 2. The highest BCUT2D eigenvalue weighted by molar-refractivity contribution is 5.98. The van der Waals surface area contributed by atoms with Gasteiger partial charge < -0.3 is 15.4 Å². The highest BCUT2D eigenvalue weighted by Crippen LogP contribution is 2.57. The molecular formula is C45H36F6N2O3. The molecule has 286 valence electrons. The molecule has 0 bridgehead atoms. The second-order valence-electron chi connectivity index (χ2n) is 13.1. The molecule has 0 aromatic heterocycles. The third kappa shape index (κ3) is 8.31. The molecule has 5 nitrogen and oxygen atoms in total. The van der Waals surface area contributed by atoms with Crippen LogP contribution in [0.5, 0.6) is 11.5 Å². The predicted molar refractivity (Wildman–Crippen MR) is 206 cm³/mol. The molecule has 6 rings (SSSR count). The van der Waals surface area contributed by atoms with Crippen LogP contribution >= 0.6 is 0 Å². The number of nitrogens with one attached hydrogen (secondary N) is 2. The zero-order valence-electron chi connectivity index (χ0n) is 30.3. The molecule has 0 heterocycles. The predicted octanol–water partition coefficient (Wildman–Crippen LogP) is 12.6. The average molecular weight is 767 g/mol. The van der Waals surface area contributed by atoms with Crippen molar-refractivity contribution in [2.75, 3.05) is 10.6 Å². The number of para-hydroxylation sites is 2. The van der Waals surface area contributed by atoms with Crippen LogP contribution in [-0.2, 0) is 18.3 Å². The van der Waals surface area contributed by atoms with E-state index in [4.69, 9.17) is 4.74 Å². The first-order chi connectivity index (χ1) is 26.7. The molecule has 0 radical (unpaired) electrons. The standard InChI is InChI=1S/C45H36F6N2O3/c1-3-30-26-34(18-24-40(30)52-36-10-6-4-7-11-36)43(44(46,47)48,45(49,50)51)35-19-25-41(53-37-12-8-5-9-13-37)33(27-35)28-42(55)32-16-22-39(23-17-32)56-38-20-14-31(15-21-38)29(2)54/h4-27,52-53H,3,28H2,1-2H3. The van der Waals surface area contributed by atoms with Crippen LogP contribution < -0.4 is 15.4 Å². The molecule has 0 fully saturated rings. The molecule has 0 amide bonds. The number of benzene rings is 6. The van der Waals surface area contributed by atoms with Crippen LogP contribution in [0.2, 0.25) is 0 Å². The fraction of sp³-hybridized carbons (Fsp3) is 0.156. The Bertz CT molecular complexity index is 2290. The molecular weight excluding hydrogens is 730 g/mol. The van der Waals surface area contributed by atoms with E-state index in [0.29, 0.717) is 34.1 Å². The first kappa shape index (κ1) is 39.3. The Morgan fingerprint density at radius 2 is 0.982 bits per heavy atom. The van der Waals surface area contributed by atoms with Gasteiger partial charge in [-0.05, 0) is 121 Å². The van der Waals surface area contributed by atoms with Gasteiger partial charge in [-0.1, -0.05) is 67.6 Å². The molecule has 6 aromatic rings. The number of carbonyl (C=O) groups is 2. The molecule has 0 aliphatic rings. The monoisotopic (exact) mass is 766 g/mol. The summed E-state index contributed by atoms with van der Waals surface area (Å²) in [6.45, 7) is 3.09. The number of hydrogen-bond acceptors (Lipinski definition) is 5. The van der Waals surface area contributed by atoms with Gasteiger partial charge in [-0.3, -0.25) is 9.59 Å². The van der Waals surface area contributed by atoms with Crippen molar-refractivity contribution in [2.45, 2.75) is 44.5 Å². The number of rotatable bonds is 13. The summed E-state index contributed by atoms with van der Waals surface area (Å²) in [5.74, 6) is 0.145. The van der Waals surface area contributed by atoms with E-state index in [2.05, 4.69) is 10.6 Å². The minimum atomic E-state index is -5.84. The third-order valence-corrected chi connectivity index (χ3v) is 9.44. The second kappa shape index (κ2) is 16.2. The van der Waals surface area contributed by atoms with Crippen molar-refractivity contribution in [3.8, 4) is 11.5 Å². The number of aryl methyl sites for hydroxylation is 1. The van der Waals surface area contributed by atoms with E-state index in [1.807, 2.05) is 0 Å². The van der Waals surface area contributed by atoms with Gasteiger partial charge >= 0.3 is 12.4 Å². The lowest BCUT2D eigenvalue weighted by atomic mass is 9.71. The fourth-order valence-electron chi connectivity index (χ4n) is 6.55. The lowest BCUT2D eigenvalue weighted by Gasteiger charge is -2.39. The van der Waals surface area contributed by atoms with E-state index in [1.165, 1.54) is 37.3 Å². The summed E-state index contributed by atoms with van der Waals surface area (Å²) in [7, 11) is 0. The molecule has 0 aliphatic heterocycles. The maximum atomic E-state index is 15.4. The fourth-order valence-corrected chi connectivity index (χ4v) is 6.55. The summed E-state index contributed by atoms with van der Waals surface area (Å²) in [5, 5.41) is 6.15. The number of alkyl halides is 6. The van der Waals surface area contributed by atoms with Crippen LogP contribution in [0.15, 0.2) is 146 Å². The first-order valence-electron chi connectivity index (χ1n) is 17.7. The van der Waals surface area contributed by atoms with Crippen LogP contribution in [-0.4, -0.2) is 23.9 Å². The molecule has 0 aliphatic carbocycles. The summed E-state index contributed by atoms with van der Waals surface area (Å²) in [6.07, 6.45) is -12.1. The van der Waals surface area contributed by atoms with E-state index >= 15 is 26.3 Å². The van der Waals surface area contributed by atoms with Gasteiger partial charge in [0.15, 0.2) is 11.6 Å². The summed E-state index contributed by atoms with van der Waals surface area (Å²) < 4.78 is 98.4. The Labute approximate surface area is 320 Å². The molecule has 0 saturated heterocycles. The van der Waals surface area contributed by atoms with Crippen LogP contribution in [0.3, 0.4) is 0 Å². The summed E-state index contributed by atoms with van der Waals surface area (Å²) in [6, 6.07) is 35.5. The quantitative estimate of drug-likeness (QED) is 0.0905. The Balaban J connectivity index is 1.40. The molecule has 0 atom stereocenters. The number of ketones is 2. The summed E-state index contributed by atoms with van der Waals surface area (Å²) >= 11 is 0. The Morgan fingerprint density at radius 1 is 0.554 bits per heavy atom. The first-order valence-corrected chi connectivity index (χ1v) is 17.7. The molecule has 11 heteroatoms. The smallest absolute Gasteiger partial charge is 0.411 e. The van der Waals surface area contributed by atoms with Gasteiger partial charge in [0.1, 0.15) is 11.5 Å². The lowest BCUT2D eigenvalue weighted by molar-refractivity contribution is -0.288. The van der Waals surface area contributed by atoms with Crippen LogP contribution in [0.4, 0.5) is 49.1 Å². The zero-order valence-corrected chi connectivity index (χ0v) is 30.3. The maximum Gasteiger partial charge on any atom is 0.411 e. The highest BCUT2D eigenvalue weighted by atomic mass is 19.4. The largest absolute Gasteiger partial charge is 0.457 e. The number of carbonyl (C=O) groups excluding carboxylic acids is 2. The SMILES string of the molecule is CCc1cc(C(c2ccc(Nc3ccccc3)c(CC(=O)c3ccc(Oc4ccc(C(C)=O)cc4)cc3)c2)(C(F)(F)F)C(F)(F)F)ccc1Nc1ccccc1. The van der Waals surface area contributed by atoms with E-state index in [9.17, 15) is 9.59 Å². The topological polar surface area (TPSA) is 67.4 Å². The van der Waals surface area contributed by atoms with Crippen molar-refractivity contribution in [3.05, 3.63) is 179 Å². The van der Waals surface area contributed by atoms with Gasteiger partial charge in [0.2, 0.25) is 5.41 Å². The molecule has 2 N–H and O–H groups in total. The number of halogens is 6. The zero-order chi connectivity index (χ0) is 40.1. The summed E-state index contributed by atoms with van der Waals surface area (Å²) in [4.78, 5) is 25.3. The Morgan fingerprint density at radius 3 is 1.41 bits per heavy atom. The van der Waals surface area contributed by atoms with Gasteiger partial charge in [-0.15, -0.1) is 0 Å². The highest BCUT2D eigenvalue weighted by Gasteiger charge is 2.72. The number of hydrogen-bond donors (Lipinski definition) is 2. The van der Waals surface area contributed by atoms with Crippen molar-refractivity contribution in [1.29, 1.82) is 0 Å². The number of anilines is 4. The molecule has 6 aromatic carbocycles. The minimum absolute atomic E-state index is 0.0711. The summed E-state index contributed by atoms with van der Waals surface area (Å²) in [5.41, 5.74) is -4.01. The van der Waals surface area contributed by atoms with Crippen LogP contribution in [0.1, 0.15) is 56.8 Å². The van der Waals surface area contributed by atoms with E-state index in [-0.39, 0.29) is 34.6 Å². The normalized spacial score (nSPS) is 11.9. The van der Waals surface area contributed by atoms with E-state index < -0.39 is 41.1 Å². The molecule has 0 saturated carbocycles. The molecule has 56 heavy (non-hydrogen) atoms. The van der Waals surface area contributed by atoms with Gasteiger partial charge in [0, 0.05) is 40.3 Å². The van der Waals surface area contributed by atoms with E-state index in [1.54, 1.807) is 91.9 Å². The average Bonchev–Trinajstić information content (AvgIpc) is 3.16. The van der Waals surface area contributed by atoms with Gasteiger partial charge in [0.25, 0.3) is 0 Å². The van der Waals surface area contributed by atoms with E-state index in [0.717, 1.165) is 30.3 Å². The van der Waals surface area contributed by atoms with Crippen molar-refractivity contribution in [2.24, 2.45) is 0 Å². The maximum absolute atomic E-state index is 15.4. The molecule has 0 unspecified atom stereocenters. The number of ether oxygens (including phenoxy) is 1. The van der Waals surface area contributed by atoms with Gasteiger partial charge in [-0.2, -0.15) is 26.3 Å². The van der Waals surface area contributed by atoms with Gasteiger partial charge in [0.05, 0.1) is 0 Å². The van der Waals surface area contributed by atoms with Crippen molar-refractivity contribution in [1.82, 2.24) is 0 Å². The van der Waals surface area contributed by atoms with Crippen LogP contribution in [0.25, 0.3) is 0 Å². The molecule has 0 spiro atoms. The lowest BCUT2D eigenvalue weighted by Crippen LogP contribution is -2.54. The second-order valence-corrected chi connectivity index (χ2v) is 13.1. The minimum Gasteiger partial charge on any atom is -0.457 e. The van der Waals surface area contributed by atoms with Crippen molar-refractivity contribution < 1.29 is 40.7 Å². The third-order valence-electron chi connectivity index (χ3n) is 9.44. The van der Waals surface area contributed by atoms with Gasteiger partial charge in [-0.25, -0.2) is 0 Å². The van der Waals surface area contributed by atoms with Crippen molar-refractivity contribution in [3.63, 3.8) is 0 Å². The van der Waals surface area contributed by atoms with Crippen molar-refractivity contribution >= 4 is 34.3 Å². The Hall–Kier alpha value is -6.36.